The SMILES string of the molecule is CC(=O)O.O=[N+]([O-])c1cc(Cl)c(N=Nc2ccc(NCCOCCO)c3ccccc23)c([N+](=O)[O-])c1. The summed E-state index contributed by atoms with van der Waals surface area (Å²) in [4.78, 5) is 29.8. The van der Waals surface area contributed by atoms with Gasteiger partial charge in [-0.25, -0.2) is 0 Å². The molecule has 0 heterocycles. The molecule has 36 heavy (non-hydrogen) atoms. The van der Waals surface area contributed by atoms with Crippen LogP contribution in [0.1, 0.15) is 6.92 Å². The Morgan fingerprint density at radius 2 is 1.72 bits per heavy atom. The largest absolute Gasteiger partial charge is 0.481 e. The van der Waals surface area contributed by atoms with Crippen molar-refractivity contribution in [2.75, 3.05) is 31.7 Å². The summed E-state index contributed by atoms with van der Waals surface area (Å²) in [6.07, 6.45) is 0. The third-order valence-corrected chi connectivity index (χ3v) is 4.68. The number of hydrogen-bond donors (Lipinski definition) is 3. The average Bonchev–Trinajstić information content (AvgIpc) is 2.82. The quantitative estimate of drug-likeness (QED) is 0.139. The summed E-state index contributed by atoms with van der Waals surface area (Å²) >= 11 is 6.03. The van der Waals surface area contributed by atoms with E-state index in [2.05, 4.69) is 15.5 Å². The van der Waals surface area contributed by atoms with Crippen LogP contribution in [-0.4, -0.2) is 52.4 Å². The van der Waals surface area contributed by atoms with Crippen molar-refractivity contribution in [3.05, 3.63) is 73.8 Å². The minimum atomic E-state index is -0.833. The number of rotatable bonds is 10. The highest BCUT2D eigenvalue weighted by atomic mass is 35.5. The molecule has 0 aromatic heterocycles. The van der Waals surface area contributed by atoms with Crippen molar-refractivity contribution in [1.29, 1.82) is 0 Å². The van der Waals surface area contributed by atoms with Crippen molar-refractivity contribution in [2.24, 2.45) is 10.2 Å². The fourth-order valence-corrected chi connectivity index (χ4v) is 3.21. The molecule has 0 amide bonds. The molecular formula is C22H22ClN5O8. The Kier molecular flexibility index (Phi) is 10.6. The van der Waals surface area contributed by atoms with E-state index in [1.807, 2.05) is 24.3 Å². The van der Waals surface area contributed by atoms with E-state index in [0.29, 0.717) is 18.8 Å². The zero-order valence-corrected chi connectivity index (χ0v) is 19.7. The Morgan fingerprint density at radius 3 is 2.33 bits per heavy atom. The third kappa shape index (κ3) is 7.94. The van der Waals surface area contributed by atoms with Crippen LogP contribution in [0.4, 0.5) is 28.4 Å². The highest BCUT2D eigenvalue weighted by molar-refractivity contribution is 6.33. The van der Waals surface area contributed by atoms with Crippen molar-refractivity contribution in [3.8, 4) is 0 Å². The Morgan fingerprint density at radius 1 is 1.06 bits per heavy atom. The van der Waals surface area contributed by atoms with Gasteiger partial charge in [-0.15, -0.1) is 10.2 Å². The fraction of sp³-hybridized carbons (Fsp3) is 0.227. The molecule has 3 N–H and O–H groups in total. The number of carboxylic acid groups (broad SMARTS) is 1. The molecule has 0 radical (unpaired) electrons. The summed E-state index contributed by atoms with van der Waals surface area (Å²) < 4.78 is 5.24. The number of hydrogen-bond acceptors (Lipinski definition) is 10. The van der Waals surface area contributed by atoms with Gasteiger partial charge in [0.1, 0.15) is 0 Å². The number of azo groups is 1. The van der Waals surface area contributed by atoms with Crippen LogP contribution in [0.2, 0.25) is 5.02 Å². The molecule has 3 aromatic rings. The van der Waals surface area contributed by atoms with E-state index < -0.39 is 27.2 Å². The first kappa shape index (κ1) is 28.0. The van der Waals surface area contributed by atoms with Gasteiger partial charge in [-0.3, -0.25) is 25.0 Å². The van der Waals surface area contributed by atoms with Crippen molar-refractivity contribution < 1.29 is 29.6 Å². The summed E-state index contributed by atoms with van der Waals surface area (Å²) in [5, 5.41) is 51.2. The summed E-state index contributed by atoms with van der Waals surface area (Å²) in [5.41, 5.74) is -0.129. The predicted molar refractivity (Wildman–Crippen MR) is 133 cm³/mol. The number of halogens is 1. The van der Waals surface area contributed by atoms with E-state index in [9.17, 15) is 20.2 Å². The lowest BCUT2D eigenvalue weighted by molar-refractivity contribution is -0.393. The monoisotopic (exact) mass is 519 g/mol. The fourth-order valence-electron chi connectivity index (χ4n) is 2.97. The molecular weight excluding hydrogens is 498 g/mol. The van der Waals surface area contributed by atoms with Crippen LogP contribution in [0.15, 0.2) is 58.8 Å². The molecule has 0 saturated heterocycles. The molecule has 13 nitrogen and oxygen atoms in total. The second-order valence-corrected chi connectivity index (χ2v) is 7.38. The zero-order valence-electron chi connectivity index (χ0n) is 19.0. The lowest BCUT2D eigenvalue weighted by atomic mass is 10.1. The summed E-state index contributed by atoms with van der Waals surface area (Å²) in [6.45, 7) is 2.24. The van der Waals surface area contributed by atoms with Crippen LogP contribution >= 0.6 is 11.6 Å². The first-order chi connectivity index (χ1) is 17.1. The summed E-state index contributed by atoms with van der Waals surface area (Å²) in [7, 11) is 0. The lowest BCUT2D eigenvalue weighted by Crippen LogP contribution is -2.11. The lowest BCUT2D eigenvalue weighted by Gasteiger charge is -2.11. The number of benzene rings is 3. The molecule has 3 rings (SSSR count). The van der Waals surface area contributed by atoms with Crippen LogP contribution in [0.5, 0.6) is 0 Å². The highest BCUT2D eigenvalue weighted by Crippen LogP contribution is 2.40. The molecule has 0 fully saturated rings. The molecule has 0 unspecified atom stereocenters. The zero-order chi connectivity index (χ0) is 26.7. The highest BCUT2D eigenvalue weighted by Gasteiger charge is 2.23. The van der Waals surface area contributed by atoms with Gasteiger partial charge in [0.2, 0.25) is 0 Å². The maximum absolute atomic E-state index is 11.4. The van der Waals surface area contributed by atoms with Gasteiger partial charge in [-0.05, 0) is 12.1 Å². The maximum atomic E-state index is 11.4. The van der Waals surface area contributed by atoms with Crippen molar-refractivity contribution in [2.45, 2.75) is 6.92 Å². The topological polar surface area (TPSA) is 190 Å². The Bertz CT molecular complexity index is 1280. The molecule has 0 aliphatic rings. The van der Waals surface area contributed by atoms with Crippen LogP contribution < -0.4 is 5.32 Å². The van der Waals surface area contributed by atoms with E-state index in [1.165, 1.54) is 0 Å². The van der Waals surface area contributed by atoms with Crippen LogP contribution in [0.3, 0.4) is 0 Å². The number of nitro benzene ring substituents is 2. The number of carboxylic acids is 1. The first-order valence-corrected chi connectivity index (χ1v) is 10.7. The number of anilines is 1. The van der Waals surface area contributed by atoms with Gasteiger partial charge in [-0.2, -0.15) is 0 Å². The van der Waals surface area contributed by atoms with Crippen LogP contribution in [-0.2, 0) is 9.53 Å². The van der Waals surface area contributed by atoms with Gasteiger partial charge in [0, 0.05) is 36.0 Å². The molecule has 14 heteroatoms. The first-order valence-electron chi connectivity index (χ1n) is 10.3. The number of fused-ring (bicyclic) bond motifs is 1. The molecule has 190 valence electrons. The predicted octanol–water partition coefficient (Wildman–Crippen LogP) is 5.24. The number of nitrogens with zero attached hydrogens (tertiary/aromatic N) is 4. The van der Waals surface area contributed by atoms with Gasteiger partial charge < -0.3 is 20.3 Å². The average molecular weight is 520 g/mol. The van der Waals surface area contributed by atoms with Crippen LogP contribution in [0.25, 0.3) is 10.8 Å². The number of nitrogens with one attached hydrogen (secondary N) is 1. The number of carbonyl (C=O) groups is 1. The number of non-ortho nitro benzene ring substituents is 1. The van der Waals surface area contributed by atoms with Gasteiger partial charge in [0.15, 0.2) is 5.69 Å². The molecule has 3 aromatic carbocycles. The Hall–Kier alpha value is -4.20. The number of aliphatic hydroxyl groups excluding tert-OH is 1. The summed E-state index contributed by atoms with van der Waals surface area (Å²) in [5.74, 6) is -0.833. The minimum absolute atomic E-state index is 0.0421. The molecule has 0 saturated carbocycles. The molecule has 0 aliphatic carbocycles. The number of nitro groups is 2. The van der Waals surface area contributed by atoms with Crippen molar-refractivity contribution >= 4 is 56.8 Å². The van der Waals surface area contributed by atoms with E-state index in [4.69, 9.17) is 31.3 Å². The van der Waals surface area contributed by atoms with Gasteiger partial charge in [0.05, 0.1) is 46.4 Å². The van der Waals surface area contributed by atoms with Gasteiger partial charge in [0.25, 0.3) is 11.7 Å². The van der Waals surface area contributed by atoms with Gasteiger partial charge >= 0.3 is 5.69 Å². The number of aliphatic hydroxyl groups is 1. The molecule has 0 bridgehead atoms. The number of aliphatic carboxylic acids is 1. The van der Waals surface area contributed by atoms with E-state index in [-0.39, 0.29) is 23.9 Å². The Balaban J connectivity index is 0.00000106. The summed E-state index contributed by atoms with van der Waals surface area (Å²) in [6, 6.07) is 12.6. The second kappa shape index (κ2) is 13.6. The molecule has 0 aliphatic heterocycles. The van der Waals surface area contributed by atoms with E-state index in [1.54, 1.807) is 12.1 Å². The minimum Gasteiger partial charge on any atom is -0.481 e. The van der Waals surface area contributed by atoms with Crippen LogP contribution in [0, 0.1) is 20.2 Å². The van der Waals surface area contributed by atoms with Gasteiger partial charge in [-0.1, -0.05) is 35.9 Å². The van der Waals surface area contributed by atoms with E-state index in [0.717, 1.165) is 35.5 Å². The molecule has 0 atom stereocenters. The third-order valence-electron chi connectivity index (χ3n) is 4.39. The second-order valence-electron chi connectivity index (χ2n) is 6.97. The Labute approximate surface area is 209 Å². The standard InChI is InChI=1S/C20H18ClN5O6.C2H4O2/c21-16-11-13(25(28)29)12-19(26(30)31)20(16)24-23-18-6-5-17(22-7-9-32-10-8-27)14-3-1-2-4-15(14)18;1-2(3)4/h1-6,11-12,22,27H,7-10H2;1H3,(H,3,4). The normalized spacial score (nSPS) is 10.6. The smallest absolute Gasteiger partial charge is 0.305 e. The maximum Gasteiger partial charge on any atom is 0.305 e. The van der Waals surface area contributed by atoms with Crippen molar-refractivity contribution in [3.63, 3.8) is 0 Å². The molecule has 0 spiro atoms. The van der Waals surface area contributed by atoms with Crippen molar-refractivity contribution in [1.82, 2.24) is 0 Å². The van der Waals surface area contributed by atoms with E-state index >= 15 is 0 Å². The number of ether oxygens (including phenoxy) is 1.